The van der Waals surface area contributed by atoms with Gasteiger partial charge in [-0.25, -0.2) is 0 Å². The number of nitrogens with zero attached hydrogens (tertiary/aromatic N) is 2. The van der Waals surface area contributed by atoms with Gasteiger partial charge in [0.1, 0.15) is 4.88 Å². The van der Waals surface area contributed by atoms with E-state index in [1.807, 2.05) is 25.1 Å². The largest absolute Gasteiger partial charge is 0.321 e. The summed E-state index contributed by atoms with van der Waals surface area (Å²) in [5.74, 6) is -0.187. The monoisotopic (exact) mass is 297 g/mol. The number of hydrogen-bond acceptors (Lipinski definition) is 4. The maximum absolute atomic E-state index is 11.7. The zero-order valence-corrected chi connectivity index (χ0v) is 10.8. The van der Waals surface area contributed by atoms with Crippen molar-refractivity contribution in [1.29, 1.82) is 0 Å². The third kappa shape index (κ3) is 2.65. The molecule has 0 unspecified atom stereocenters. The fraction of sp³-hybridized carbons (Fsp3) is 0.100. The maximum atomic E-state index is 11.7. The summed E-state index contributed by atoms with van der Waals surface area (Å²) >= 11 is 4.45. The first-order chi connectivity index (χ1) is 7.65. The van der Waals surface area contributed by atoms with E-state index in [0.29, 0.717) is 4.88 Å². The first-order valence-electron chi connectivity index (χ1n) is 4.51. The van der Waals surface area contributed by atoms with E-state index in [4.69, 9.17) is 0 Å². The predicted molar refractivity (Wildman–Crippen MR) is 66.7 cm³/mol. The third-order valence-corrected chi connectivity index (χ3v) is 3.01. The van der Waals surface area contributed by atoms with E-state index in [1.165, 1.54) is 6.20 Å². The van der Waals surface area contributed by atoms with Crippen molar-refractivity contribution in [2.75, 3.05) is 5.32 Å². The zero-order valence-electron chi connectivity index (χ0n) is 8.40. The number of hydrogen-bond donors (Lipinski definition) is 1. The number of amides is 1. The molecule has 1 aromatic heterocycles. The maximum Gasteiger partial charge on any atom is 0.269 e. The molecular formula is C10H8BrN3OS. The summed E-state index contributed by atoms with van der Waals surface area (Å²) in [5, 5.41) is 6.41. The van der Waals surface area contributed by atoms with Gasteiger partial charge in [0.05, 0.1) is 6.20 Å². The van der Waals surface area contributed by atoms with Gasteiger partial charge in [-0.05, 0) is 42.2 Å². The van der Waals surface area contributed by atoms with Crippen LogP contribution < -0.4 is 5.32 Å². The number of halogens is 1. The summed E-state index contributed by atoms with van der Waals surface area (Å²) in [7, 11) is 0. The zero-order chi connectivity index (χ0) is 11.5. The molecule has 2 rings (SSSR count). The van der Waals surface area contributed by atoms with Gasteiger partial charge in [0.25, 0.3) is 5.91 Å². The minimum atomic E-state index is -0.187. The molecule has 6 heteroatoms. The smallest absolute Gasteiger partial charge is 0.269 e. The van der Waals surface area contributed by atoms with Crippen LogP contribution in [0.3, 0.4) is 0 Å². The minimum Gasteiger partial charge on any atom is -0.321 e. The normalized spacial score (nSPS) is 10.1. The van der Waals surface area contributed by atoms with Crippen molar-refractivity contribution in [1.82, 2.24) is 9.59 Å². The first kappa shape index (κ1) is 11.2. The van der Waals surface area contributed by atoms with Crippen molar-refractivity contribution < 1.29 is 4.79 Å². The highest BCUT2D eigenvalue weighted by molar-refractivity contribution is 9.10. The summed E-state index contributed by atoms with van der Waals surface area (Å²) in [6.45, 7) is 1.97. The van der Waals surface area contributed by atoms with Crippen molar-refractivity contribution in [3.63, 3.8) is 0 Å². The average molecular weight is 298 g/mol. The second-order valence-corrected chi connectivity index (χ2v) is 4.95. The van der Waals surface area contributed by atoms with Crippen LogP contribution in [-0.2, 0) is 0 Å². The molecule has 82 valence electrons. The van der Waals surface area contributed by atoms with Crippen molar-refractivity contribution in [3.8, 4) is 0 Å². The van der Waals surface area contributed by atoms with Crippen LogP contribution in [0.1, 0.15) is 15.2 Å². The molecule has 4 nitrogen and oxygen atoms in total. The van der Waals surface area contributed by atoms with Crippen LogP contribution in [0.25, 0.3) is 0 Å². The number of nitrogens with one attached hydrogen (secondary N) is 1. The van der Waals surface area contributed by atoms with Gasteiger partial charge >= 0.3 is 0 Å². The number of aromatic nitrogens is 2. The second kappa shape index (κ2) is 4.71. The van der Waals surface area contributed by atoms with Crippen molar-refractivity contribution in [3.05, 3.63) is 39.3 Å². The van der Waals surface area contributed by atoms with E-state index in [1.54, 1.807) is 0 Å². The van der Waals surface area contributed by atoms with Crippen LogP contribution in [0.2, 0.25) is 0 Å². The van der Waals surface area contributed by atoms with E-state index in [0.717, 1.165) is 27.3 Å². The lowest BCUT2D eigenvalue weighted by molar-refractivity contribution is 0.103. The Kier molecular flexibility index (Phi) is 3.31. The highest BCUT2D eigenvalue weighted by Gasteiger charge is 2.08. The molecular weight excluding hydrogens is 290 g/mol. The van der Waals surface area contributed by atoms with Crippen LogP contribution in [0, 0.1) is 6.92 Å². The molecule has 0 aliphatic carbocycles. The highest BCUT2D eigenvalue weighted by atomic mass is 79.9. The molecule has 0 radical (unpaired) electrons. The van der Waals surface area contributed by atoms with E-state index < -0.39 is 0 Å². The van der Waals surface area contributed by atoms with Crippen molar-refractivity contribution in [2.45, 2.75) is 6.92 Å². The standard InChI is InChI=1S/C10H8BrN3OS/c1-6-2-7(11)4-8(3-6)13-10(15)9-5-12-14-16-9/h2-5H,1H3,(H,13,15). The fourth-order valence-corrected chi connectivity index (χ4v) is 2.29. The molecule has 0 saturated carbocycles. The Morgan fingerprint density at radius 2 is 2.25 bits per heavy atom. The number of rotatable bonds is 2. The molecule has 2 aromatic rings. The molecule has 1 N–H and O–H groups in total. The lowest BCUT2D eigenvalue weighted by Crippen LogP contribution is -2.10. The van der Waals surface area contributed by atoms with Crippen LogP contribution in [0.5, 0.6) is 0 Å². The Morgan fingerprint density at radius 3 is 2.88 bits per heavy atom. The van der Waals surface area contributed by atoms with Gasteiger partial charge in [0.15, 0.2) is 0 Å². The summed E-state index contributed by atoms with van der Waals surface area (Å²) in [5.41, 5.74) is 1.83. The van der Waals surface area contributed by atoms with E-state index >= 15 is 0 Å². The quantitative estimate of drug-likeness (QED) is 0.927. The van der Waals surface area contributed by atoms with Gasteiger partial charge in [-0.15, -0.1) is 5.10 Å². The molecule has 16 heavy (non-hydrogen) atoms. The molecule has 0 atom stereocenters. The minimum absolute atomic E-state index is 0.187. The van der Waals surface area contributed by atoms with Crippen LogP contribution in [-0.4, -0.2) is 15.5 Å². The number of anilines is 1. The Hall–Kier alpha value is -1.27. The van der Waals surface area contributed by atoms with E-state index in [-0.39, 0.29) is 5.91 Å². The first-order valence-corrected chi connectivity index (χ1v) is 6.08. The van der Waals surface area contributed by atoms with Crippen LogP contribution >= 0.6 is 27.5 Å². The second-order valence-electron chi connectivity index (χ2n) is 3.25. The molecule has 0 fully saturated rings. The lowest BCUT2D eigenvalue weighted by Gasteiger charge is -2.04. The molecule has 0 bridgehead atoms. The molecule has 0 saturated heterocycles. The molecule has 1 amide bonds. The summed E-state index contributed by atoms with van der Waals surface area (Å²) < 4.78 is 4.58. The highest BCUT2D eigenvalue weighted by Crippen LogP contribution is 2.19. The topological polar surface area (TPSA) is 54.9 Å². The summed E-state index contributed by atoms with van der Waals surface area (Å²) in [6.07, 6.45) is 1.45. The van der Waals surface area contributed by atoms with E-state index in [2.05, 4.69) is 30.8 Å². The van der Waals surface area contributed by atoms with Crippen LogP contribution in [0.15, 0.2) is 28.9 Å². The average Bonchev–Trinajstić information content (AvgIpc) is 2.68. The molecule has 1 heterocycles. The number of benzene rings is 1. The molecule has 0 aliphatic heterocycles. The Labute approximate surface area is 105 Å². The van der Waals surface area contributed by atoms with Crippen molar-refractivity contribution >= 4 is 39.1 Å². The van der Waals surface area contributed by atoms with Gasteiger partial charge in [-0.1, -0.05) is 20.4 Å². The van der Waals surface area contributed by atoms with Crippen LogP contribution in [0.4, 0.5) is 5.69 Å². The summed E-state index contributed by atoms with van der Waals surface area (Å²) in [6, 6.07) is 5.72. The number of carbonyl (C=O) groups excluding carboxylic acids is 1. The Balaban J connectivity index is 2.18. The Morgan fingerprint density at radius 1 is 1.44 bits per heavy atom. The van der Waals surface area contributed by atoms with Crippen molar-refractivity contribution in [2.24, 2.45) is 0 Å². The van der Waals surface area contributed by atoms with Gasteiger partial charge in [0, 0.05) is 10.2 Å². The summed E-state index contributed by atoms with van der Waals surface area (Å²) in [4.78, 5) is 12.2. The molecule has 0 aliphatic rings. The predicted octanol–water partition coefficient (Wildman–Crippen LogP) is 2.86. The van der Waals surface area contributed by atoms with Gasteiger partial charge in [-0.3, -0.25) is 4.79 Å². The van der Waals surface area contributed by atoms with Gasteiger partial charge in [-0.2, -0.15) is 0 Å². The fourth-order valence-electron chi connectivity index (χ4n) is 1.27. The third-order valence-electron chi connectivity index (χ3n) is 1.89. The molecule has 1 aromatic carbocycles. The van der Waals surface area contributed by atoms with Gasteiger partial charge in [0.2, 0.25) is 0 Å². The van der Waals surface area contributed by atoms with Gasteiger partial charge < -0.3 is 5.32 Å². The number of aryl methyl sites for hydroxylation is 1. The Bertz CT molecular complexity index is 493. The SMILES string of the molecule is Cc1cc(Br)cc(NC(=O)c2cnns2)c1. The molecule has 0 spiro atoms. The van der Waals surface area contributed by atoms with E-state index in [9.17, 15) is 4.79 Å². The number of carbonyl (C=O) groups is 1. The lowest BCUT2D eigenvalue weighted by atomic mass is 10.2.